The Morgan fingerprint density at radius 1 is 1.40 bits per heavy atom. The zero-order chi connectivity index (χ0) is 11.5. The Morgan fingerprint density at radius 3 is 2.40 bits per heavy atom. The SMILES string of the molecule is C=C(CCl)NS(=O)(=O)c1ccc(C)cc1. The van der Waals surface area contributed by atoms with Crippen molar-refractivity contribution in [1.82, 2.24) is 4.72 Å². The van der Waals surface area contributed by atoms with Gasteiger partial charge in [-0.3, -0.25) is 4.72 Å². The summed E-state index contributed by atoms with van der Waals surface area (Å²) in [4.78, 5) is 0.208. The van der Waals surface area contributed by atoms with Gasteiger partial charge in [-0.05, 0) is 19.1 Å². The molecular formula is C10H12ClNO2S. The summed E-state index contributed by atoms with van der Waals surface area (Å²) >= 11 is 5.44. The fourth-order valence-corrected chi connectivity index (χ4v) is 2.20. The average molecular weight is 246 g/mol. The lowest BCUT2D eigenvalue weighted by atomic mass is 10.2. The van der Waals surface area contributed by atoms with Gasteiger partial charge in [0.2, 0.25) is 0 Å². The van der Waals surface area contributed by atoms with Crippen LogP contribution in [0.1, 0.15) is 5.56 Å². The summed E-state index contributed by atoms with van der Waals surface area (Å²) in [5.74, 6) is 0.0606. The van der Waals surface area contributed by atoms with Crippen molar-refractivity contribution in [3.05, 3.63) is 42.1 Å². The van der Waals surface area contributed by atoms with Crippen molar-refractivity contribution in [1.29, 1.82) is 0 Å². The van der Waals surface area contributed by atoms with E-state index in [-0.39, 0.29) is 16.5 Å². The molecule has 1 aromatic rings. The van der Waals surface area contributed by atoms with Crippen molar-refractivity contribution >= 4 is 21.6 Å². The van der Waals surface area contributed by atoms with Crippen molar-refractivity contribution in [3.63, 3.8) is 0 Å². The van der Waals surface area contributed by atoms with Crippen LogP contribution in [0.3, 0.4) is 0 Å². The normalized spacial score (nSPS) is 11.1. The summed E-state index contributed by atoms with van der Waals surface area (Å²) in [6.07, 6.45) is 0. The molecule has 0 unspecified atom stereocenters. The standard InChI is InChI=1S/C10H12ClNO2S/c1-8-3-5-10(6-4-8)15(13,14)12-9(2)7-11/h3-6,12H,2,7H2,1H3. The van der Waals surface area contributed by atoms with Gasteiger partial charge in [0.1, 0.15) is 0 Å². The zero-order valence-electron chi connectivity index (χ0n) is 8.33. The van der Waals surface area contributed by atoms with Crippen LogP contribution in [0.15, 0.2) is 41.4 Å². The maximum atomic E-state index is 11.7. The number of hydrogen-bond donors (Lipinski definition) is 1. The largest absolute Gasteiger partial charge is 0.283 e. The van der Waals surface area contributed by atoms with E-state index in [1.165, 1.54) is 0 Å². The van der Waals surface area contributed by atoms with Gasteiger partial charge in [0, 0.05) is 5.70 Å². The first-order chi connectivity index (χ1) is 6.95. The van der Waals surface area contributed by atoms with Crippen molar-refractivity contribution < 1.29 is 8.42 Å². The van der Waals surface area contributed by atoms with E-state index in [1.807, 2.05) is 6.92 Å². The van der Waals surface area contributed by atoms with Gasteiger partial charge in [0.15, 0.2) is 0 Å². The molecule has 0 heterocycles. The molecule has 1 N–H and O–H groups in total. The maximum absolute atomic E-state index is 11.7. The third kappa shape index (κ3) is 3.25. The van der Waals surface area contributed by atoms with E-state index in [0.717, 1.165) is 5.56 Å². The number of hydrogen-bond acceptors (Lipinski definition) is 2. The summed E-state index contributed by atoms with van der Waals surface area (Å²) in [6, 6.07) is 6.55. The molecule has 0 aliphatic rings. The Kier molecular flexibility index (Phi) is 3.77. The molecule has 0 spiro atoms. The minimum absolute atomic E-state index is 0.0606. The van der Waals surface area contributed by atoms with E-state index < -0.39 is 10.0 Å². The van der Waals surface area contributed by atoms with Crippen LogP contribution in [0.4, 0.5) is 0 Å². The minimum atomic E-state index is -3.52. The third-order valence-electron chi connectivity index (χ3n) is 1.77. The van der Waals surface area contributed by atoms with Crippen LogP contribution in [-0.2, 0) is 10.0 Å². The van der Waals surface area contributed by atoms with Gasteiger partial charge in [-0.2, -0.15) is 0 Å². The van der Waals surface area contributed by atoms with Crippen molar-refractivity contribution in [2.75, 3.05) is 5.88 Å². The smallest absolute Gasteiger partial charge is 0.261 e. The maximum Gasteiger partial charge on any atom is 0.261 e. The molecule has 15 heavy (non-hydrogen) atoms. The van der Waals surface area contributed by atoms with Gasteiger partial charge in [-0.15, -0.1) is 11.6 Å². The third-order valence-corrected chi connectivity index (χ3v) is 3.54. The lowest BCUT2D eigenvalue weighted by Gasteiger charge is -2.08. The molecule has 0 aromatic heterocycles. The fourth-order valence-electron chi connectivity index (χ4n) is 0.994. The molecule has 0 amide bonds. The van der Waals surface area contributed by atoms with Crippen LogP contribution in [0.2, 0.25) is 0 Å². The first kappa shape index (κ1) is 12.1. The highest BCUT2D eigenvalue weighted by Crippen LogP contribution is 2.10. The quantitative estimate of drug-likeness (QED) is 0.825. The van der Waals surface area contributed by atoms with E-state index in [2.05, 4.69) is 11.3 Å². The monoisotopic (exact) mass is 245 g/mol. The number of aryl methyl sites for hydroxylation is 1. The molecule has 1 aromatic carbocycles. The molecule has 0 aliphatic heterocycles. The van der Waals surface area contributed by atoms with E-state index in [1.54, 1.807) is 24.3 Å². The Hall–Kier alpha value is -1.00. The predicted octanol–water partition coefficient (Wildman–Crippen LogP) is 2.03. The summed E-state index contributed by atoms with van der Waals surface area (Å²) < 4.78 is 25.7. The van der Waals surface area contributed by atoms with Gasteiger partial charge in [0.05, 0.1) is 10.8 Å². The number of nitrogens with one attached hydrogen (secondary N) is 1. The topological polar surface area (TPSA) is 46.2 Å². The lowest BCUT2D eigenvalue weighted by Crippen LogP contribution is -2.23. The van der Waals surface area contributed by atoms with Gasteiger partial charge in [-0.1, -0.05) is 24.3 Å². The number of halogens is 1. The molecule has 1 rings (SSSR count). The molecule has 0 aliphatic carbocycles. The second-order valence-corrected chi connectivity index (χ2v) is 5.11. The van der Waals surface area contributed by atoms with Crippen molar-refractivity contribution in [2.45, 2.75) is 11.8 Å². The van der Waals surface area contributed by atoms with Crippen LogP contribution in [0, 0.1) is 6.92 Å². The van der Waals surface area contributed by atoms with E-state index in [9.17, 15) is 8.42 Å². The van der Waals surface area contributed by atoms with Crippen molar-refractivity contribution in [3.8, 4) is 0 Å². The Bertz CT molecular complexity index is 451. The van der Waals surface area contributed by atoms with Gasteiger partial charge >= 0.3 is 0 Å². The van der Waals surface area contributed by atoms with Crippen LogP contribution in [0.25, 0.3) is 0 Å². The van der Waals surface area contributed by atoms with Gasteiger partial charge < -0.3 is 0 Å². The highest BCUT2D eigenvalue weighted by Gasteiger charge is 2.13. The number of rotatable bonds is 4. The average Bonchev–Trinajstić information content (AvgIpc) is 2.17. The second-order valence-electron chi connectivity index (χ2n) is 3.16. The Labute approximate surface area is 94.8 Å². The van der Waals surface area contributed by atoms with Crippen LogP contribution in [0.5, 0.6) is 0 Å². The highest BCUT2D eigenvalue weighted by molar-refractivity contribution is 7.89. The fraction of sp³-hybridized carbons (Fsp3) is 0.200. The number of alkyl halides is 1. The molecule has 0 saturated carbocycles. The Morgan fingerprint density at radius 2 is 1.93 bits per heavy atom. The zero-order valence-corrected chi connectivity index (χ0v) is 9.90. The Balaban J connectivity index is 2.96. The summed E-state index contributed by atoms with van der Waals surface area (Å²) in [5.41, 5.74) is 1.27. The van der Waals surface area contributed by atoms with Crippen molar-refractivity contribution in [2.24, 2.45) is 0 Å². The molecule has 0 fully saturated rings. The van der Waals surface area contributed by atoms with Crippen LogP contribution < -0.4 is 4.72 Å². The molecule has 5 heteroatoms. The first-order valence-corrected chi connectivity index (χ1v) is 6.31. The van der Waals surface area contributed by atoms with E-state index >= 15 is 0 Å². The number of allylic oxidation sites excluding steroid dienone is 1. The molecule has 82 valence electrons. The molecule has 0 radical (unpaired) electrons. The summed E-state index contributed by atoms with van der Waals surface area (Å²) in [6.45, 7) is 5.37. The number of sulfonamides is 1. The lowest BCUT2D eigenvalue weighted by molar-refractivity contribution is 0.589. The second kappa shape index (κ2) is 4.68. The summed E-state index contributed by atoms with van der Waals surface area (Å²) in [5, 5.41) is 0. The van der Waals surface area contributed by atoms with Crippen LogP contribution >= 0.6 is 11.6 Å². The predicted molar refractivity (Wildman–Crippen MR) is 61.4 cm³/mol. The van der Waals surface area contributed by atoms with Crippen LogP contribution in [-0.4, -0.2) is 14.3 Å². The highest BCUT2D eigenvalue weighted by atomic mass is 35.5. The summed E-state index contributed by atoms with van der Waals surface area (Å²) in [7, 11) is -3.52. The number of benzene rings is 1. The van der Waals surface area contributed by atoms with E-state index in [0.29, 0.717) is 0 Å². The van der Waals surface area contributed by atoms with Gasteiger partial charge in [0.25, 0.3) is 10.0 Å². The molecule has 0 saturated heterocycles. The molecule has 3 nitrogen and oxygen atoms in total. The first-order valence-electron chi connectivity index (χ1n) is 4.29. The molecule has 0 bridgehead atoms. The molecule has 0 atom stereocenters. The van der Waals surface area contributed by atoms with Gasteiger partial charge in [-0.25, -0.2) is 8.42 Å². The van der Waals surface area contributed by atoms with E-state index in [4.69, 9.17) is 11.6 Å². The minimum Gasteiger partial charge on any atom is -0.283 e. The molecular weight excluding hydrogens is 234 g/mol.